The number of aromatic nitrogens is 4. The number of hydrogen-bond donors (Lipinski definition) is 1. The second-order valence-electron chi connectivity index (χ2n) is 8.91. The van der Waals surface area contributed by atoms with Crippen LogP contribution in [0.1, 0.15) is 20.8 Å². The van der Waals surface area contributed by atoms with E-state index in [9.17, 15) is 4.79 Å². The van der Waals surface area contributed by atoms with E-state index in [0.29, 0.717) is 28.1 Å². The number of benzene rings is 2. The summed E-state index contributed by atoms with van der Waals surface area (Å²) in [4.78, 5) is 27.0. The van der Waals surface area contributed by atoms with Crippen molar-refractivity contribution in [3.8, 4) is 22.6 Å². The van der Waals surface area contributed by atoms with Gasteiger partial charge in [-0.05, 0) is 57.2 Å². The first-order valence-electron chi connectivity index (χ1n) is 10.7. The predicted octanol–water partition coefficient (Wildman–Crippen LogP) is 6.44. The van der Waals surface area contributed by atoms with E-state index in [1.54, 1.807) is 4.57 Å². The van der Waals surface area contributed by atoms with Gasteiger partial charge in [0.25, 0.3) is 0 Å². The maximum absolute atomic E-state index is 13.3. The maximum atomic E-state index is 13.3. The molecule has 0 bridgehead atoms. The van der Waals surface area contributed by atoms with Crippen molar-refractivity contribution >= 4 is 49.9 Å². The van der Waals surface area contributed by atoms with Crippen LogP contribution in [0.4, 0.5) is 10.7 Å². The van der Waals surface area contributed by atoms with E-state index >= 15 is 0 Å². The monoisotopic (exact) mass is 515 g/mol. The van der Waals surface area contributed by atoms with E-state index in [0.717, 1.165) is 20.9 Å². The van der Waals surface area contributed by atoms with Gasteiger partial charge in [-0.1, -0.05) is 46.3 Å². The van der Waals surface area contributed by atoms with Crippen LogP contribution in [-0.4, -0.2) is 31.2 Å². The third-order valence-corrected chi connectivity index (χ3v) is 5.70. The van der Waals surface area contributed by atoms with Crippen molar-refractivity contribution in [3.63, 3.8) is 0 Å². The number of carbonyl (C=O) groups excluding carboxylic acids is 1. The van der Waals surface area contributed by atoms with Gasteiger partial charge in [-0.25, -0.2) is 24.3 Å². The standard InChI is InChI=1S/C26H22BrN5O2/c1-26(2,3)34-25(33)32-20-12-9-17(27)13-16(20)14-21(32)18-10-11-19-23(29-18)22(31-24(28)30-19)15-7-5-4-6-8-15/h4-14H,1-3H3,(H2,28,30,31). The molecule has 0 aliphatic heterocycles. The molecule has 3 aromatic heterocycles. The van der Waals surface area contributed by atoms with E-state index < -0.39 is 11.7 Å². The van der Waals surface area contributed by atoms with Crippen LogP contribution in [0.2, 0.25) is 0 Å². The first-order valence-corrected chi connectivity index (χ1v) is 11.5. The second kappa shape index (κ2) is 8.22. The second-order valence-corrected chi connectivity index (χ2v) is 9.82. The molecule has 0 radical (unpaired) electrons. The average Bonchev–Trinajstić information content (AvgIpc) is 3.16. The summed E-state index contributed by atoms with van der Waals surface area (Å²) in [7, 11) is 0. The van der Waals surface area contributed by atoms with Gasteiger partial charge in [0.15, 0.2) is 0 Å². The van der Waals surface area contributed by atoms with Crippen LogP contribution in [-0.2, 0) is 4.74 Å². The van der Waals surface area contributed by atoms with Crippen molar-refractivity contribution in [2.75, 3.05) is 5.73 Å². The number of nitrogens with two attached hydrogens (primary N) is 1. The first kappa shape index (κ1) is 22.0. The van der Waals surface area contributed by atoms with E-state index in [1.807, 2.05) is 87.5 Å². The summed E-state index contributed by atoms with van der Waals surface area (Å²) < 4.78 is 8.19. The maximum Gasteiger partial charge on any atom is 0.419 e. The predicted molar refractivity (Wildman–Crippen MR) is 137 cm³/mol. The van der Waals surface area contributed by atoms with Gasteiger partial charge in [-0.3, -0.25) is 0 Å². The lowest BCUT2D eigenvalue weighted by Gasteiger charge is -2.21. The molecule has 3 heterocycles. The minimum Gasteiger partial charge on any atom is -0.443 e. The first-order chi connectivity index (χ1) is 16.2. The minimum atomic E-state index is -0.650. The van der Waals surface area contributed by atoms with Gasteiger partial charge in [0.1, 0.15) is 16.8 Å². The molecule has 2 aromatic carbocycles. The molecule has 0 saturated carbocycles. The largest absolute Gasteiger partial charge is 0.443 e. The summed E-state index contributed by atoms with van der Waals surface area (Å²) in [5.41, 5.74) is 9.99. The number of fused-ring (bicyclic) bond motifs is 2. The third-order valence-electron chi connectivity index (χ3n) is 5.21. The molecule has 2 N–H and O–H groups in total. The number of anilines is 1. The Morgan fingerprint density at radius 3 is 2.47 bits per heavy atom. The summed E-state index contributed by atoms with van der Waals surface area (Å²) in [6.45, 7) is 5.53. The molecule has 0 fully saturated rings. The highest BCUT2D eigenvalue weighted by molar-refractivity contribution is 9.10. The van der Waals surface area contributed by atoms with Crippen molar-refractivity contribution in [1.82, 2.24) is 19.5 Å². The van der Waals surface area contributed by atoms with Gasteiger partial charge in [-0.15, -0.1) is 0 Å². The number of nitrogen functional groups attached to an aromatic ring is 1. The molecule has 0 atom stereocenters. The molecule has 0 spiro atoms. The summed E-state index contributed by atoms with van der Waals surface area (Å²) in [6.07, 6.45) is -0.474. The van der Waals surface area contributed by atoms with E-state index in [1.165, 1.54) is 0 Å². The highest BCUT2D eigenvalue weighted by Crippen LogP contribution is 2.33. The normalized spacial score (nSPS) is 11.8. The lowest BCUT2D eigenvalue weighted by atomic mass is 10.1. The molecule has 0 aliphatic carbocycles. The quantitative estimate of drug-likeness (QED) is 0.290. The van der Waals surface area contributed by atoms with Crippen LogP contribution >= 0.6 is 15.9 Å². The van der Waals surface area contributed by atoms with Gasteiger partial charge in [0.05, 0.1) is 22.4 Å². The van der Waals surface area contributed by atoms with Crippen LogP contribution in [0.25, 0.3) is 44.6 Å². The minimum absolute atomic E-state index is 0.175. The Morgan fingerprint density at radius 1 is 0.971 bits per heavy atom. The van der Waals surface area contributed by atoms with Crippen LogP contribution in [0, 0.1) is 0 Å². The fraction of sp³-hybridized carbons (Fsp3) is 0.154. The van der Waals surface area contributed by atoms with Crippen molar-refractivity contribution in [2.45, 2.75) is 26.4 Å². The molecular weight excluding hydrogens is 494 g/mol. The molecule has 0 aliphatic rings. The van der Waals surface area contributed by atoms with Gasteiger partial charge >= 0.3 is 6.09 Å². The smallest absolute Gasteiger partial charge is 0.419 e. The SMILES string of the molecule is CC(C)(C)OC(=O)n1c(-c2ccc3nc(N)nc(-c4ccccc4)c3n2)cc2cc(Br)ccc21. The number of halogens is 1. The zero-order valence-corrected chi connectivity index (χ0v) is 20.5. The zero-order valence-electron chi connectivity index (χ0n) is 18.9. The highest BCUT2D eigenvalue weighted by atomic mass is 79.9. The Labute approximate surface area is 204 Å². The number of pyridine rings is 1. The van der Waals surface area contributed by atoms with Gasteiger partial charge in [-0.2, -0.15) is 0 Å². The lowest BCUT2D eigenvalue weighted by Crippen LogP contribution is -2.27. The van der Waals surface area contributed by atoms with Crippen molar-refractivity contribution in [1.29, 1.82) is 0 Å². The van der Waals surface area contributed by atoms with Crippen LogP contribution < -0.4 is 5.73 Å². The van der Waals surface area contributed by atoms with Crippen LogP contribution in [0.15, 0.2) is 71.2 Å². The lowest BCUT2D eigenvalue weighted by molar-refractivity contribution is 0.0547. The Kier molecular flexibility index (Phi) is 5.32. The molecular formula is C26H22BrN5O2. The molecule has 7 nitrogen and oxygen atoms in total. The van der Waals surface area contributed by atoms with Gasteiger partial charge in [0.2, 0.25) is 5.95 Å². The third kappa shape index (κ3) is 4.12. The summed E-state index contributed by atoms with van der Waals surface area (Å²) >= 11 is 3.51. The number of ether oxygens (including phenoxy) is 1. The van der Waals surface area contributed by atoms with Crippen LogP contribution in [0.5, 0.6) is 0 Å². The van der Waals surface area contributed by atoms with Crippen molar-refractivity contribution in [3.05, 3.63) is 71.2 Å². The number of hydrogen-bond acceptors (Lipinski definition) is 6. The fourth-order valence-electron chi connectivity index (χ4n) is 3.85. The Morgan fingerprint density at radius 2 is 1.74 bits per heavy atom. The molecule has 0 unspecified atom stereocenters. The molecule has 5 rings (SSSR count). The topological polar surface area (TPSA) is 95.9 Å². The van der Waals surface area contributed by atoms with E-state index in [2.05, 4.69) is 25.9 Å². The molecule has 0 saturated heterocycles. The fourth-order valence-corrected chi connectivity index (χ4v) is 4.23. The van der Waals surface area contributed by atoms with Gasteiger partial charge in [0, 0.05) is 15.4 Å². The Bertz CT molecular complexity index is 1560. The number of nitrogens with zero attached hydrogens (tertiary/aromatic N) is 4. The molecule has 8 heteroatoms. The Balaban J connectivity index is 1.76. The van der Waals surface area contributed by atoms with Crippen molar-refractivity contribution in [2.24, 2.45) is 0 Å². The number of rotatable bonds is 2. The zero-order chi connectivity index (χ0) is 24.0. The number of carbonyl (C=O) groups is 1. The summed E-state index contributed by atoms with van der Waals surface area (Å²) in [6, 6.07) is 21.0. The molecule has 34 heavy (non-hydrogen) atoms. The summed E-state index contributed by atoms with van der Waals surface area (Å²) in [5, 5.41) is 0.883. The molecule has 170 valence electrons. The molecule has 5 aromatic rings. The van der Waals surface area contributed by atoms with E-state index in [4.69, 9.17) is 15.5 Å². The van der Waals surface area contributed by atoms with Crippen LogP contribution in [0.3, 0.4) is 0 Å². The van der Waals surface area contributed by atoms with Gasteiger partial charge < -0.3 is 10.5 Å². The average molecular weight is 516 g/mol. The van der Waals surface area contributed by atoms with E-state index in [-0.39, 0.29) is 5.95 Å². The molecule has 0 amide bonds. The highest BCUT2D eigenvalue weighted by Gasteiger charge is 2.24. The Hall–Kier alpha value is -3.78. The van der Waals surface area contributed by atoms with Crippen molar-refractivity contribution < 1.29 is 9.53 Å². The summed E-state index contributed by atoms with van der Waals surface area (Å²) in [5.74, 6) is 0.175.